The molecule has 0 aromatic carbocycles. The fourth-order valence-corrected chi connectivity index (χ4v) is 2.06. The van der Waals surface area contributed by atoms with Crippen LogP contribution >= 0.6 is 0 Å². The van der Waals surface area contributed by atoms with E-state index in [1.54, 1.807) is 4.68 Å². The molecule has 2 aromatic heterocycles. The van der Waals surface area contributed by atoms with Crippen LogP contribution in [-0.4, -0.2) is 52.8 Å². The van der Waals surface area contributed by atoms with Gasteiger partial charge in [0.05, 0.1) is 11.7 Å². The number of hydrogen-bond donors (Lipinski definition) is 2. The largest absolute Gasteiger partial charge is 0.476 e. The summed E-state index contributed by atoms with van der Waals surface area (Å²) in [5, 5.41) is 28.2. The van der Waals surface area contributed by atoms with Crippen LogP contribution in [0.1, 0.15) is 40.9 Å². The van der Waals surface area contributed by atoms with Crippen LogP contribution < -0.4 is 5.73 Å². The van der Waals surface area contributed by atoms with Crippen LogP contribution in [0.15, 0.2) is 0 Å². The normalized spacial score (nSPS) is 14.7. The minimum absolute atomic E-state index is 0.0686. The first kappa shape index (κ1) is 12.7. The predicted molar refractivity (Wildman–Crippen MR) is 64.9 cm³/mol. The first-order chi connectivity index (χ1) is 9.70. The van der Waals surface area contributed by atoms with Crippen molar-refractivity contribution in [2.24, 2.45) is 5.73 Å². The highest BCUT2D eigenvalue weighted by Gasteiger charge is 2.28. The molecule has 10 heteroatoms. The van der Waals surface area contributed by atoms with Gasteiger partial charge < -0.3 is 10.8 Å². The number of carbonyl (C=O) groups is 1. The summed E-state index contributed by atoms with van der Waals surface area (Å²) in [6.45, 7) is 0.611. The van der Waals surface area contributed by atoms with E-state index in [-0.39, 0.29) is 5.69 Å². The second-order valence-corrected chi connectivity index (χ2v) is 4.66. The van der Waals surface area contributed by atoms with Gasteiger partial charge in [-0.1, -0.05) is 5.21 Å². The molecule has 20 heavy (non-hydrogen) atoms. The van der Waals surface area contributed by atoms with Gasteiger partial charge in [0.1, 0.15) is 6.54 Å². The smallest absolute Gasteiger partial charge is 0.358 e. The molecule has 0 radical (unpaired) electrons. The molecule has 0 saturated heterocycles. The third kappa shape index (κ3) is 2.25. The summed E-state index contributed by atoms with van der Waals surface area (Å²) < 4.78 is 3.26. The Bertz CT molecular complexity index is 629. The molecule has 10 nitrogen and oxygen atoms in total. The fourth-order valence-electron chi connectivity index (χ4n) is 2.06. The average molecular weight is 278 g/mol. The Hall–Kier alpha value is -2.36. The van der Waals surface area contributed by atoms with E-state index in [9.17, 15) is 4.79 Å². The monoisotopic (exact) mass is 278 g/mol. The molecule has 1 saturated carbocycles. The zero-order chi connectivity index (χ0) is 14.1. The average Bonchev–Trinajstić information content (AvgIpc) is 3.03. The Morgan fingerprint density at radius 1 is 1.35 bits per heavy atom. The Morgan fingerprint density at radius 2 is 2.15 bits per heavy atom. The quantitative estimate of drug-likeness (QED) is 0.675. The van der Waals surface area contributed by atoms with E-state index < -0.39 is 5.97 Å². The number of rotatable bonds is 6. The fraction of sp³-hybridized carbons (Fsp3) is 0.600. The first-order valence-corrected chi connectivity index (χ1v) is 6.33. The third-order valence-electron chi connectivity index (χ3n) is 3.17. The molecule has 0 bridgehead atoms. The molecule has 2 heterocycles. The van der Waals surface area contributed by atoms with E-state index >= 15 is 0 Å². The van der Waals surface area contributed by atoms with Crippen LogP contribution in [0.3, 0.4) is 0 Å². The molecule has 106 valence electrons. The van der Waals surface area contributed by atoms with Crippen molar-refractivity contribution in [3.8, 4) is 0 Å². The van der Waals surface area contributed by atoms with Crippen LogP contribution in [0, 0.1) is 0 Å². The number of aromatic nitrogens is 7. The van der Waals surface area contributed by atoms with Crippen molar-refractivity contribution in [3.63, 3.8) is 0 Å². The van der Waals surface area contributed by atoms with Gasteiger partial charge in [-0.25, -0.2) is 14.2 Å². The maximum absolute atomic E-state index is 11.1. The van der Waals surface area contributed by atoms with Crippen molar-refractivity contribution in [1.29, 1.82) is 0 Å². The molecular weight excluding hydrogens is 264 g/mol. The van der Waals surface area contributed by atoms with E-state index in [1.807, 2.05) is 0 Å². The van der Waals surface area contributed by atoms with Crippen molar-refractivity contribution in [2.45, 2.75) is 31.8 Å². The number of hydrogen-bond acceptors (Lipinski definition) is 7. The summed E-state index contributed by atoms with van der Waals surface area (Å²) in [6, 6.07) is 0.348. The van der Waals surface area contributed by atoms with Crippen LogP contribution in [0.2, 0.25) is 0 Å². The summed E-state index contributed by atoms with van der Waals surface area (Å²) in [4.78, 5) is 11.1. The van der Waals surface area contributed by atoms with Gasteiger partial charge in [0.15, 0.2) is 11.5 Å². The first-order valence-electron chi connectivity index (χ1n) is 6.33. The molecule has 3 rings (SSSR count). The van der Waals surface area contributed by atoms with Gasteiger partial charge >= 0.3 is 5.97 Å². The van der Waals surface area contributed by atoms with Gasteiger partial charge in [0.2, 0.25) is 0 Å². The lowest BCUT2D eigenvalue weighted by Gasteiger charge is -2.06. The van der Waals surface area contributed by atoms with Crippen molar-refractivity contribution in [1.82, 2.24) is 35.2 Å². The molecule has 1 fully saturated rings. The Labute approximate surface area is 113 Å². The topological polar surface area (TPSA) is 138 Å². The molecule has 2 aromatic rings. The van der Waals surface area contributed by atoms with Crippen molar-refractivity contribution >= 4 is 5.97 Å². The van der Waals surface area contributed by atoms with E-state index in [4.69, 9.17) is 10.8 Å². The zero-order valence-electron chi connectivity index (χ0n) is 10.7. The van der Waals surface area contributed by atoms with E-state index in [0.717, 1.165) is 12.8 Å². The molecule has 1 aliphatic rings. The number of tetrazole rings is 1. The number of carboxylic acids is 1. The zero-order valence-corrected chi connectivity index (χ0v) is 10.7. The van der Waals surface area contributed by atoms with Crippen molar-refractivity contribution in [3.05, 3.63) is 17.2 Å². The molecule has 0 aliphatic heterocycles. The van der Waals surface area contributed by atoms with Gasteiger partial charge in [-0.2, -0.15) is 0 Å². The van der Waals surface area contributed by atoms with E-state index in [0.29, 0.717) is 37.1 Å². The molecule has 0 atom stereocenters. The minimum Gasteiger partial charge on any atom is -0.476 e. The number of carboxylic acid groups (broad SMARTS) is 1. The summed E-state index contributed by atoms with van der Waals surface area (Å²) in [6.07, 6.45) is 2.51. The van der Waals surface area contributed by atoms with Crippen molar-refractivity contribution < 1.29 is 9.90 Å². The van der Waals surface area contributed by atoms with E-state index in [2.05, 4.69) is 25.8 Å². The summed E-state index contributed by atoms with van der Waals surface area (Å²) in [7, 11) is 0. The highest BCUT2D eigenvalue weighted by Crippen LogP contribution is 2.34. The predicted octanol–water partition coefficient (Wildman–Crippen LogP) is -1.15. The van der Waals surface area contributed by atoms with Gasteiger partial charge in [-0.3, -0.25) is 0 Å². The van der Waals surface area contributed by atoms with Crippen LogP contribution in [0.5, 0.6) is 0 Å². The van der Waals surface area contributed by atoms with Crippen LogP contribution in [0.25, 0.3) is 0 Å². The maximum atomic E-state index is 11.1. The SMILES string of the molecule is NCCc1c(C(=O)O)nnn1Cc1nnnn1C1CC1. The van der Waals surface area contributed by atoms with Gasteiger partial charge in [-0.05, 0) is 29.8 Å². The molecule has 3 N–H and O–H groups in total. The number of nitrogens with two attached hydrogens (primary N) is 1. The second-order valence-electron chi connectivity index (χ2n) is 4.66. The Balaban J connectivity index is 1.89. The van der Waals surface area contributed by atoms with Gasteiger partial charge in [0.25, 0.3) is 0 Å². The van der Waals surface area contributed by atoms with E-state index in [1.165, 1.54) is 4.68 Å². The lowest BCUT2D eigenvalue weighted by molar-refractivity contribution is 0.0689. The third-order valence-corrected chi connectivity index (χ3v) is 3.17. The lowest BCUT2D eigenvalue weighted by atomic mass is 10.2. The Morgan fingerprint density at radius 3 is 2.80 bits per heavy atom. The molecule has 0 amide bonds. The number of nitrogens with zero attached hydrogens (tertiary/aromatic N) is 7. The van der Waals surface area contributed by atoms with Crippen molar-refractivity contribution in [2.75, 3.05) is 6.54 Å². The highest BCUT2D eigenvalue weighted by atomic mass is 16.4. The minimum atomic E-state index is -1.11. The standard InChI is InChI=1S/C10H14N8O2/c11-4-3-7-9(10(19)20)13-15-17(7)5-8-12-14-16-18(8)6-1-2-6/h6H,1-5,11H2,(H,19,20). The summed E-state index contributed by atoms with van der Waals surface area (Å²) in [5.74, 6) is -0.464. The van der Waals surface area contributed by atoms with Crippen LogP contribution in [0.4, 0.5) is 0 Å². The summed E-state index contributed by atoms with van der Waals surface area (Å²) in [5.41, 5.74) is 5.93. The Kier molecular flexibility index (Phi) is 3.14. The molecular formula is C10H14N8O2. The molecule has 1 aliphatic carbocycles. The maximum Gasteiger partial charge on any atom is 0.358 e. The summed E-state index contributed by atoms with van der Waals surface area (Å²) >= 11 is 0. The lowest BCUT2D eigenvalue weighted by Crippen LogP contribution is -2.16. The highest BCUT2D eigenvalue weighted by molar-refractivity contribution is 5.86. The number of aromatic carboxylic acids is 1. The molecule has 0 spiro atoms. The second kappa shape index (κ2) is 4.96. The van der Waals surface area contributed by atoms with Gasteiger partial charge in [0, 0.05) is 6.42 Å². The van der Waals surface area contributed by atoms with Crippen LogP contribution in [-0.2, 0) is 13.0 Å². The van der Waals surface area contributed by atoms with Gasteiger partial charge in [-0.15, -0.1) is 10.2 Å². The molecule has 0 unspecified atom stereocenters.